The van der Waals surface area contributed by atoms with Gasteiger partial charge in [0.1, 0.15) is 6.61 Å². The Balaban J connectivity index is 1.12. The number of alkyl carbamates (subject to hydrolysis) is 1. The number of carboxylic acid groups (broad SMARTS) is 1. The molecule has 0 radical (unpaired) electrons. The van der Waals surface area contributed by atoms with E-state index < -0.39 is 23.9 Å². The van der Waals surface area contributed by atoms with Gasteiger partial charge < -0.3 is 25.0 Å². The molecule has 9 nitrogen and oxygen atoms in total. The summed E-state index contributed by atoms with van der Waals surface area (Å²) in [6, 6.07) is 17.4. The van der Waals surface area contributed by atoms with E-state index in [0.29, 0.717) is 25.0 Å². The zero-order chi connectivity index (χ0) is 24.4. The summed E-state index contributed by atoms with van der Waals surface area (Å²) in [6.07, 6.45) is 0.945. The van der Waals surface area contributed by atoms with E-state index in [0.717, 1.165) is 22.3 Å². The third-order valence-corrected chi connectivity index (χ3v) is 6.66. The van der Waals surface area contributed by atoms with E-state index in [4.69, 9.17) is 14.4 Å². The van der Waals surface area contributed by atoms with Crippen molar-refractivity contribution in [1.82, 2.24) is 15.8 Å². The lowest BCUT2D eigenvalue weighted by Gasteiger charge is -2.14. The summed E-state index contributed by atoms with van der Waals surface area (Å²) in [4.78, 5) is 35.8. The van der Waals surface area contributed by atoms with Gasteiger partial charge in [-0.3, -0.25) is 9.59 Å². The first-order chi connectivity index (χ1) is 17.0. The number of hydrogen-bond acceptors (Lipinski definition) is 6. The lowest BCUT2D eigenvalue weighted by Crippen LogP contribution is -2.33. The predicted molar refractivity (Wildman–Crippen MR) is 125 cm³/mol. The molecule has 1 fully saturated rings. The number of carbonyl (C=O) groups excluding carboxylic acids is 2. The molecule has 2 amide bonds. The highest BCUT2D eigenvalue weighted by Crippen LogP contribution is 2.44. The summed E-state index contributed by atoms with van der Waals surface area (Å²) in [6.45, 7) is 0.212. The first-order valence-electron chi connectivity index (χ1n) is 11.6. The summed E-state index contributed by atoms with van der Waals surface area (Å²) in [5.74, 6) is -1.44. The molecule has 2 aliphatic carbocycles. The van der Waals surface area contributed by atoms with Crippen LogP contribution in [0.1, 0.15) is 52.6 Å². The van der Waals surface area contributed by atoms with Gasteiger partial charge in [-0.15, -0.1) is 0 Å². The first kappa shape index (κ1) is 22.6. The summed E-state index contributed by atoms with van der Waals surface area (Å²) in [7, 11) is 0. The van der Waals surface area contributed by atoms with Gasteiger partial charge >= 0.3 is 12.1 Å². The number of aromatic nitrogens is 1. The van der Waals surface area contributed by atoms with Gasteiger partial charge in [0.25, 0.3) is 5.91 Å². The molecule has 1 saturated carbocycles. The fourth-order valence-corrected chi connectivity index (χ4v) is 4.91. The number of benzene rings is 2. The maximum atomic E-state index is 12.4. The van der Waals surface area contributed by atoms with Gasteiger partial charge in [0.05, 0.1) is 12.5 Å². The van der Waals surface area contributed by atoms with Crippen LogP contribution >= 0.6 is 0 Å². The number of nitrogens with zero attached hydrogens (tertiary/aromatic N) is 1. The van der Waals surface area contributed by atoms with Crippen LogP contribution in [0.5, 0.6) is 0 Å². The number of hydrogen-bond donors (Lipinski definition) is 3. The average molecular weight is 476 g/mol. The molecule has 3 N–H and O–H groups in total. The third-order valence-electron chi connectivity index (χ3n) is 6.66. The number of amides is 2. The summed E-state index contributed by atoms with van der Waals surface area (Å²) in [5, 5.41) is 18.3. The molecule has 9 heteroatoms. The smallest absolute Gasteiger partial charge is 0.407 e. The van der Waals surface area contributed by atoms with Crippen LogP contribution in [-0.4, -0.2) is 40.9 Å². The van der Waals surface area contributed by atoms with E-state index in [1.807, 2.05) is 24.3 Å². The van der Waals surface area contributed by atoms with E-state index in [1.54, 1.807) is 0 Å². The molecule has 0 saturated heterocycles. The lowest BCUT2D eigenvalue weighted by atomic mass is 9.98. The lowest BCUT2D eigenvalue weighted by molar-refractivity contribution is -0.141. The Kier molecular flexibility index (Phi) is 6.22. The van der Waals surface area contributed by atoms with Crippen LogP contribution in [0, 0.1) is 5.92 Å². The topological polar surface area (TPSA) is 131 Å². The average Bonchev–Trinajstić information content (AvgIpc) is 3.59. The van der Waals surface area contributed by atoms with Crippen LogP contribution in [0.3, 0.4) is 0 Å². The number of nitrogens with one attached hydrogen (secondary N) is 2. The van der Waals surface area contributed by atoms with Crippen molar-refractivity contribution >= 4 is 18.0 Å². The van der Waals surface area contributed by atoms with Crippen LogP contribution in [0.4, 0.5) is 4.79 Å². The summed E-state index contributed by atoms with van der Waals surface area (Å²) >= 11 is 0. The molecule has 35 heavy (non-hydrogen) atoms. The number of fused-ring (bicyclic) bond motifs is 3. The number of carbonyl (C=O) groups is 3. The molecule has 0 spiro atoms. The Morgan fingerprint density at radius 2 is 1.71 bits per heavy atom. The second kappa shape index (κ2) is 9.61. The minimum Gasteiger partial charge on any atom is -0.481 e. The van der Waals surface area contributed by atoms with Crippen molar-refractivity contribution in [2.75, 3.05) is 6.61 Å². The van der Waals surface area contributed by atoms with Crippen LogP contribution < -0.4 is 10.6 Å². The van der Waals surface area contributed by atoms with Crippen molar-refractivity contribution in [2.24, 2.45) is 5.92 Å². The van der Waals surface area contributed by atoms with Crippen molar-refractivity contribution in [3.05, 3.63) is 77.2 Å². The second-order valence-corrected chi connectivity index (χ2v) is 8.88. The third kappa shape index (κ3) is 4.75. The van der Waals surface area contributed by atoms with Crippen molar-refractivity contribution in [1.29, 1.82) is 0 Å². The van der Waals surface area contributed by atoms with Crippen molar-refractivity contribution < 1.29 is 28.8 Å². The second-order valence-electron chi connectivity index (χ2n) is 8.88. The van der Waals surface area contributed by atoms with Crippen LogP contribution in [-0.2, 0) is 16.1 Å². The zero-order valence-corrected chi connectivity index (χ0v) is 18.9. The Labute approximate surface area is 201 Å². The molecule has 2 aromatic carbocycles. The molecular formula is C26H25N3O6. The van der Waals surface area contributed by atoms with Crippen molar-refractivity contribution in [3.8, 4) is 11.1 Å². The quantitative estimate of drug-likeness (QED) is 0.475. The molecule has 5 rings (SSSR count). The Morgan fingerprint density at radius 1 is 1.03 bits per heavy atom. The molecular weight excluding hydrogens is 450 g/mol. The van der Waals surface area contributed by atoms with Gasteiger partial charge in [0, 0.05) is 18.0 Å². The molecule has 1 heterocycles. The molecule has 0 bridgehead atoms. The van der Waals surface area contributed by atoms with E-state index in [2.05, 4.69) is 40.1 Å². The highest BCUT2D eigenvalue weighted by atomic mass is 16.5. The maximum absolute atomic E-state index is 12.4. The van der Waals surface area contributed by atoms with Gasteiger partial charge in [0.2, 0.25) is 0 Å². The van der Waals surface area contributed by atoms with E-state index in [-0.39, 0.29) is 30.8 Å². The van der Waals surface area contributed by atoms with Gasteiger partial charge in [0.15, 0.2) is 11.5 Å². The van der Waals surface area contributed by atoms with E-state index in [1.165, 1.54) is 6.07 Å². The monoisotopic (exact) mass is 475 g/mol. The maximum Gasteiger partial charge on any atom is 0.407 e. The van der Waals surface area contributed by atoms with Gasteiger partial charge in [-0.1, -0.05) is 53.7 Å². The standard InChI is InChI=1S/C26H25N3O6/c30-24(28-16-10-9-15(11-16)25(31)32)23-12-17(35-29-23)13-27-26(33)34-14-22-20-7-3-1-5-18(20)19-6-2-4-8-21(19)22/h1-8,12,15-16,22H,9-11,13-14H2,(H,27,33)(H,28,30)(H,31,32)/t15-,16+/m0/s1. The number of aliphatic carboxylic acids is 1. The molecule has 1 aromatic heterocycles. The van der Waals surface area contributed by atoms with E-state index in [9.17, 15) is 14.4 Å². The van der Waals surface area contributed by atoms with Crippen LogP contribution in [0.15, 0.2) is 59.1 Å². The molecule has 0 unspecified atom stereocenters. The fourth-order valence-electron chi connectivity index (χ4n) is 4.91. The number of ether oxygens (including phenoxy) is 1. The zero-order valence-electron chi connectivity index (χ0n) is 18.9. The Hall–Kier alpha value is -4.14. The SMILES string of the molecule is O=C(NCc1cc(C(=O)N[C@@H]2CC[C@H](C(=O)O)C2)no1)OCC1c2ccccc2-c2ccccc21. The van der Waals surface area contributed by atoms with Gasteiger partial charge in [-0.05, 0) is 41.5 Å². The molecule has 2 atom stereocenters. The summed E-state index contributed by atoms with van der Waals surface area (Å²) < 4.78 is 10.7. The summed E-state index contributed by atoms with van der Waals surface area (Å²) in [5.41, 5.74) is 4.64. The number of rotatable bonds is 7. The Bertz CT molecular complexity index is 1220. The predicted octanol–water partition coefficient (Wildman–Crippen LogP) is 3.70. The van der Waals surface area contributed by atoms with Crippen molar-refractivity contribution in [3.63, 3.8) is 0 Å². The van der Waals surface area contributed by atoms with Crippen LogP contribution in [0.25, 0.3) is 11.1 Å². The largest absolute Gasteiger partial charge is 0.481 e. The highest BCUT2D eigenvalue weighted by Gasteiger charge is 2.31. The van der Waals surface area contributed by atoms with E-state index >= 15 is 0 Å². The molecule has 180 valence electrons. The molecule has 2 aliphatic rings. The molecule has 3 aromatic rings. The van der Waals surface area contributed by atoms with Gasteiger partial charge in [-0.25, -0.2) is 4.79 Å². The number of carboxylic acids is 1. The highest BCUT2D eigenvalue weighted by molar-refractivity contribution is 5.92. The van der Waals surface area contributed by atoms with Crippen molar-refractivity contribution in [2.45, 2.75) is 37.8 Å². The minimum atomic E-state index is -0.843. The Morgan fingerprint density at radius 3 is 2.37 bits per heavy atom. The minimum absolute atomic E-state index is 0.0153. The normalized spacial score (nSPS) is 18.5. The van der Waals surface area contributed by atoms with Crippen LogP contribution in [0.2, 0.25) is 0 Å². The first-order valence-corrected chi connectivity index (χ1v) is 11.6. The van der Waals surface area contributed by atoms with Gasteiger partial charge in [-0.2, -0.15) is 0 Å². The molecule has 0 aliphatic heterocycles. The fraction of sp³-hybridized carbons (Fsp3) is 0.308.